The van der Waals surface area contributed by atoms with Gasteiger partial charge in [-0.2, -0.15) is 0 Å². The van der Waals surface area contributed by atoms with Gasteiger partial charge in [0, 0.05) is 63.5 Å². The van der Waals surface area contributed by atoms with Gasteiger partial charge in [0.25, 0.3) is 5.56 Å². The fraction of sp³-hybridized carbons (Fsp3) is 0.406. The van der Waals surface area contributed by atoms with Crippen LogP contribution in [-0.4, -0.2) is 63.7 Å². The van der Waals surface area contributed by atoms with Crippen molar-refractivity contribution in [2.75, 3.05) is 50.0 Å². The number of rotatable bonds is 8. The minimum atomic E-state index is -0.0944. The lowest BCUT2D eigenvalue weighted by Gasteiger charge is -2.35. The molecule has 2 aromatic carbocycles. The maximum absolute atomic E-state index is 13.2. The number of nitrogens with two attached hydrogens (primary N) is 1. The molecule has 4 aromatic rings. The Balaban J connectivity index is 1.00. The normalized spacial score (nSPS) is 18.2. The number of nitrogen functional groups attached to an aromatic ring is 1. The van der Waals surface area contributed by atoms with Crippen molar-refractivity contribution in [2.24, 2.45) is 0 Å². The lowest BCUT2D eigenvalue weighted by Crippen LogP contribution is -2.47. The van der Waals surface area contributed by atoms with Crippen LogP contribution in [0.5, 0.6) is 0 Å². The maximum atomic E-state index is 13.2. The second-order valence-electron chi connectivity index (χ2n) is 11.3. The van der Waals surface area contributed by atoms with Crippen LogP contribution in [0.4, 0.5) is 5.82 Å². The summed E-state index contributed by atoms with van der Waals surface area (Å²) in [5, 5.41) is 1.18. The van der Waals surface area contributed by atoms with Crippen LogP contribution in [0, 0.1) is 0 Å². The van der Waals surface area contributed by atoms with Gasteiger partial charge in [-0.25, -0.2) is 14.6 Å². The monoisotopic (exact) mass is 537 g/mol. The summed E-state index contributed by atoms with van der Waals surface area (Å²) >= 11 is 0. The first-order chi connectivity index (χ1) is 19.5. The molecule has 2 aliphatic rings. The molecule has 208 valence electrons. The summed E-state index contributed by atoms with van der Waals surface area (Å²) in [5.41, 5.74) is 3.89. The van der Waals surface area contributed by atoms with E-state index < -0.39 is 0 Å². The summed E-state index contributed by atoms with van der Waals surface area (Å²) in [7, 11) is 0. The molecule has 0 aliphatic carbocycles. The van der Waals surface area contributed by atoms with E-state index in [9.17, 15) is 4.79 Å². The molecule has 0 radical (unpaired) electrons. The fourth-order valence-electron chi connectivity index (χ4n) is 6.14. The summed E-state index contributed by atoms with van der Waals surface area (Å²) in [4.78, 5) is 30.3. The molecule has 1 fully saturated rings. The molecule has 4 heterocycles. The van der Waals surface area contributed by atoms with Gasteiger partial charge in [-0.05, 0) is 43.1 Å². The molecule has 1 saturated heterocycles. The number of hydrogen-bond acceptors (Lipinski definition) is 7. The predicted molar refractivity (Wildman–Crippen MR) is 161 cm³/mol. The van der Waals surface area contributed by atoms with Gasteiger partial charge in [0.1, 0.15) is 11.6 Å². The number of anilines is 1. The van der Waals surface area contributed by atoms with Crippen molar-refractivity contribution in [2.45, 2.75) is 45.2 Å². The van der Waals surface area contributed by atoms with E-state index in [0.29, 0.717) is 12.4 Å². The molecule has 8 heteroatoms. The fourth-order valence-corrected chi connectivity index (χ4v) is 6.14. The third-order valence-corrected chi connectivity index (χ3v) is 8.35. The zero-order valence-corrected chi connectivity index (χ0v) is 23.4. The van der Waals surface area contributed by atoms with Gasteiger partial charge in [0.05, 0.1) is 16.8 Å². The molecular weight excluding hydrogens is 498 g/mol. The van der Waals surface area contributed by atoms with E-state index in [4.69, 9.17) is 15.8 Å². The Hall–Kier alpha value is -3.75. The average molecular weight is 538 g/mol. The van der Waals surface area contributed by atoms with Gasteiger partial charge >= 0.3 is 0 Å². The average Bonchev–Trinajstić information content (AvgIpc) is 2.99. The molecule has 1 unspecified atom stereocenters. The molecule has 6 rings (SSSR count). The van der Waals surface area contributed by atoms with Crippen LogP contribution < -0.4 is 16.3 Å². The first kappa shape index (κ1) is 26.5. The Morgan fingerprint density at radius 1 is 0.875 bits per heavy atom. The molecule has 0 saturated carbocycles. The minimum Gasteiger partial charge on any atom is -0.354 e. The van der Waals surface area contributed by atoms with Crippen LogP contribution in [-0.2, 0) is 19.5 Å². The van der Waals surface area contributed by atoms with E-state index in [1.54, 1.807) is 0 Å². The summed E-state index contributed by atoms with van der Waals surface area (Å²) in [6.45, 7) is 9.56. The third kappa shape index (κ3) is 5.74. The maximum Gasteiger partial charge on any atom is 0.276 e. The number of pyridine rings is 1. The standard InChI is InChI=1S/C32H39N7O/c1-24-21-37(22-25-9-3-2-4-10-25)23-27-31(24)35-30(39(33)32(27)40)13-7-8-16-36-17-19-38(20-18-36)29-15-14-26-11-5-6-12-28(26)34-29/h2-6,9-12,14-15,24H,7-8,13,16-23,33H2,1H3. The quantitative estimate of drug-likeness (QED) is 0.271. The highest BCUT2D eigenvalue weighted by Crippen LogP contribution is 2.26. The molecule has 40 heavy (non-hydrogen) atoms. The second kappa shape index (κ2) is 11.8. The Morgan fingerprint density at radius 3 is 2.48 bits per heavy atom. The van der Waals surface area contributed by atoms with Crippen molar-refractivity contribution >= 4 is 16.7 Å². The Bertz CT molecular complexity index is 1510. The molecule has 1 atom stereocenters. The Morgan fingerprint density at radius 2 is 1.65 bits per heavy atom. The highest BCUT2D eigenvalue weighted by molar-refractivity contribution is 5.80. The summed E-state index contributed by atoms with van der Waals surface area (Å²) in [6.07, 6.45) is 2.74. The predicted octanol–water partition coefficient (Wildman–Crippen LogP) is 3.77. The van der Waals surface area contributed by atoms with E-state index in [1.165, 1.54) is 15.6 Å². The van der Waals surface area contributed by atoms with Crippen LogP contribution in [0.15, 0.2) is 71.5 Å². The topological polar surface area (TPSA) is 83.5 Å². The highest BCUT2D eigenvalue weighted by atomic mass is 16.1. The molecule has 2 aliphatic heterocycles. The number of hydrogen-bond donors (Lipinski definition) is 1. The lowest BCUT2D eigenvalue weighted by atomic mass is 9.96. The van der Waals surface area contributed by atoms with Gasteiger partial charge in [-0.3, -0.25) is 14.6 Å². The van der Waals surface area contributed by atoms with Crippen LogP contribution in [0.3, 0.4) is 0 Å². The molecule has 0 spiro atoms. The molecule has 2 aromatic heterocycles. The first-order valence-corrected chi connectivity index (χ1v) is 14.5. The molecule has 8 nitrogen and oxygen atoms in total. The Labute approximate surface area is 236 Å². The van der Waals surface area contributed by atoms with Crippen LogP contribution >= 0.6 is 0 Å². The molecular formula is C32H39N7O. The smallest absolute Gasteiger partial charge is 0.276 e. The largest absolute Gasteiger partial charge is 0.354 e. The number of aromatic nitrogens is 3. The zero-order valence-electron chi connectivity index (χ0n) is 23.4. The molecule has 0 bridgehead atoms. The van der Waals surface area contributed by atoms with Gasteiger partial charge in [-0.1, -0.05) is 55.5 Å². The van der Waals surface area contributed by atoms with Gasteiger partial charge in [0.15, 0.2) is 0 Å². The summed E-state index contributed by atoms with van der Waals surface area (Å²) < 4.78 is 1.30. The summed E-state index contributed by atoms with van der Waals surface area (Å²) in [6, 6.07) is 23.0. The second-order valence-corrected chi connectivity index (χ2v) is 11.3. The number of nitrogens with zero attached hydrogens (tertiary/aromatic N) is 6. The van der Waals surface area contributed by atoms with Crippen LogP contribution in [0.25, 0.3) is 10.9 Å². The SMILES string of the molecule is CC1CN(Cc2ccccc2)Cc2c1nc(CCCCN1CCN(c3ccc4ccccc4n3)CC1)n(N)c2=O. The molecule has 0 amide bonds. The van der Waals surface area contributed by atoms with Crippen molar-refractivity contribution in [3.63, 3.8) is 0 Å². The number of benzene rings is 2. The van der Waals surface area contributed by atoms with E-state index in [-0.39, 0.29) is 11.5 Å². The molecule has 2 N–H and O–H groups in total. The van der Waals surface area contributed by atoms with Crippen LogP contribution in [0.1, 0.15) is 48.3 Å². The Kier molecular flexibility index (Phi) is 7.80. The minimum absolute atomic E-state index is 0.0944. The van der Waals surface area contributed by atoms with Crippen molar-refractivity contribution in [1.82, 2.24) is 24.4 Å². The van der Waals surface area contributed by atoms with Gasteiger partial charge in [0.2, 0.25) is 0 Å². The van der Waals surface area contributed by atoms with Gasteiger partial charge < -0.3 is 10.7 Å². The number of unbranched alkanes of at least 4 members (excludes halogenated alkanes) is 1. The van der Waals surface area contributed by atoms with Crippen molar-refractivity contribution in [3.8, 4) is 0 Å². The van der Waals surface area contributed by atoms with E-state index in [0.717, 1.165) is 87.7 Å². The first-order valence-electron chi connectivity index (χ1n) is 14.5. The van der Waals surface area contributed by atoms with E-state index >= 15 is 0 Å². The number of para-hydroxylation sites is 1. The van der Waals surface area contributed by atoms with Crippen molar-refractivity contribution < 1.29 is 0 Å². The van der Waals surface area contributed by atoms with Crippen molar-refractivity contribution in [1.29, 1.82) is 0 Å². The number of piperazine rings is 1. The van der Waals surface area contributed by atoms with Gasteiger partial charge in [-0.15, -0.1) is 0 Å². The third-order valence-electron chi connectivity index (χ3n) is 8.35. The number of aryl methyl sites for hydroxylation is 1. The summed E-state index contributed by atoms with van der Waals surface area (Å²) in [5.74, 6) is 8.26. The van der Waals surface area contributed by atoms with Crippen LogP contribution in [0.2, 0.25) is 0 Å². The van der Waals surface area contributed by atoms with E-state index in [2.05, 4.69) is 76.2 Å². The zero-order chi connectivity index (χ0) is 27.5. The van der Waals surface area contributed by atoms with Crippen molar-refractivity contribution in [3.05, 3.63) is 99.7 Å². The lowest BCUT2D eigenvalue weighted by molar-refractivity contribution is 0.221. The number of fused-ring (bicyclic) bond motifs is 2. The highest BCUT2D eigenvalue weighted by Gasteiger charge is 2.28. The van der Waals surface area contributed by atoms with E-state index in [1.807, 2.05) is 12.1 Å².